The third-order valence-electron chi connectivity index (χ3n) is 10.1. The Bertz CT molecular complexity index is 2010. The Labute approximate surface area is 348 Å². The summed E-state index contributed by atoms with van der Waals surface area (Å²) in [5, 5.41) is 0. The standard InChI is InChI=1S/C54H66Si2/c1-41(2)51(33-27-29-35-53(43(5)6)37-39-55(45(9)10,46(11)12)47(13)14)31-25-23-21-22-24-26-32-52(42(3)4)34-28-30-36-54(44(7)8)38-40-56(48(15)16,49(17)18)50(19)20/h45-50H,1-20H3. The maximum Gasteiger partial charge on any atom is 0.146 e. The number of hydrogen-bond acceptors (Lipinski definition) is 0. The summed E-state index contributed by atoms with van der Waals surface area (Å²) in [6.07, 6.45) is 0. The van der Waals surface area contributed by atoms with Gasteiger partial charge < -0.3 is 0 Å². The lowest BCUT2D eigenvalue weighted by molar-refractivity contribution is 0.838. The molecule has 0 aliphatic heterocycles. The fourth-order valence-electron chi connectivity index (χ4n) is 7.02. The summed E-state index contributed by atoms with van der Waals surface area (Å²) < 4.78 is 0. The fourth-order valence-corrected chi connectivity index (χ4v) is 17.4. The lowest BCUT2D eigenvalue weighted by Crippen LogP contribution is -2.43. The maximum atomic E-state index is 3.77. The van der Waals surface area contributed by atoms with Crippen molar-refractivity contribution < 1.29 is 0 Å². The second kappa shape index (κ2) is 25.2. The normalized spacial score (nSPS) is 9.68. The van der Waals surface area contributed by atoms with E-state index in [0.29, 0.717) is 44.4 Å². The van der Waals surface area contributed by atoms with E-state index in [-0.39, 0.29) is 0 Å². The highest BCUT2D eigenvalue weighted by Crippen LogP contribution is 2.41. The van der Waals surface area contributed by atoms with Crippen LogP contribution in [-0.4, -0.2) is 16.1 Å². The summed E-state index contributed by atoms with van der Waals surface area (Å²) in [7, 11) is -3.71. The number of rotatable bonds is 6. The predicted molar refractivity (Wildman–Crippen MR) is 253 cm³/mol. The summed E-state index contributed by atoms with van der Waals surface area (Å²) in [5.74, 6) is 54.3. The first-order chi connectivity index (χ1) is 26.1. The molecule has 0 aromatic heterocycles. The van der Waals surface area contributed by atoms with E-state index in [1.807, 2.05) is 27.7 Å². The van der Waals surface area contributed by atoms with Crippen LogP contribution in [0.3, 0.4) is 0 Å². The van der Waals surface area contributed by atoms with Crippen molar-refractivity contribution in [3.05, 3.63) is 44.6 Å². The highest BCUT2D eigenvalue weighted by Gasteiger charge is 2.42. The molecular formula is C54H66Si2. The second-order valence-corrected chi connectivity index (χ2v) is 28.0. The van der Waals surface area contributed by atoms with Crippen LogP contribution in [0, 0.1) is 118 Å². The van der Waals surface area contributed by atoms with Crippen molar-refractivity contribution in [2.24, 2.45) is 0 Å². The fraction of sp³-hybridized carbons (Fsp3) is 0.481. The van der Waals surface area contributed by atoms with E-state index in [1.54, 1.807) is 0 Å². The van der Waals surface area contributed by atoms with Gasteiger partial charge in [-0.1, -0.05) is 117 Å². The van der Waals surface area contributed by atoms with E-state index in [1.165, 1.54) is 0 Å². The summed E-state index contributed by atoms with van der Waals surface area (Å²) in [6.45, 7) is 43.9. The molecule has 56 heavy (non-hydrogen) atoms. The molecule has 0 aromatic carbocycles. The van der Waals surface area contributed by atoms with Crippen LogP contribution in [0.4, 0.5) is 0 Å². The Kier molecular flexibility index (Phi) is 23.0. The Balaban J connectivity index is 6.15. The van der Waals surface area contributed by atoms with Crippen molar-refractivity contribution in [1.29, 1.82) is 0 Å². The summed E-state index contributed by atoms with van der Waals surface area (Å²) in [6, 6.07) is 0. The first kappa shape index (κ1) is 51.0. The predicted octanol–water partition coefficient (Wildman–Crippen LogP) is 12.8. The molecule has 0 heterocycles. The van der Waals surface area contributed by atoms with Gasteiger partial charge >= 0.3 is 0 Å². The monoisotopic (exact) mass is 770 g/mol. The van der Waals surface area contributed by atoms with Crippen LogP contribution in [0.5, 0.6) is 0 Å². The first-order valence-electron chi connectivity index (χ1n) is 19.9. The molecule has 0 fully saturated rings. The van der Waals surface area contributed by atoms with Crippen LogP contribution in [0.1, 0.15) is 138 Å². The number of allylic oxidation sites excluding steroid dienone is 8. The Morgan fingerprint density at radius 2 is 0.411 bits per heavy atom. The third kappa shape index (κ3) is 16.0. The quantitative estimate of drug-likeness (QED) is 0.186. The minimum absolute atomic E-state index is 0.563. The van der Waals surface area contributed by atoms with Crippen molar-refractivity contribution in [1.82, 2.24) is 0 Å². The van der Waals surface area contributed by atoms with E-state index >= 15 is 0 Å². The molecule has 0 spiro atoms. The molecule has 0 saturated heterocycles. The Hall–Kier alpha value is -5.01. The average Bonchev–Trinajstić information content (AvgIpc) is 3.07. The molecule has 0 saturated carbocycles. The van der Waals surface area contributed by atoms with Gasteiger partial charge in [0.2, 0.25) is 0 Å². The largest absolute Gasteiger partial charge is 0.146 e. The third-order valence-corrected chi connectivity index (χ3v) is 22.7. The molecule has 290 valence electrons. The SMILES string of the molecule is CC(C)=C(C#CC#CC#CC#CC(C#CC#CC(C#C[Si](C(C)C)(C(C)C)C(C)C)=C(C)C)=C(C)C)C#CC#CC(C#C[Si](C(C)C)(C(C)C)C(C)C)=C(C)C. The van der Waals surface area contributed by atoms with Crippen LogP contribution in [-0.2, 0) is 0 Å². The first-order valence-corrected chi connectivity index (χ1v) is 24.4. The molecule has 2 heteroatoms. The van der Waals surface area contributed by atoms with E-state index in [4.69, 9.17) is 0 Å². The highest BCUT2D eigenvalue weighted by molar-refractivity contribution is 6.91. The van der Waals surface area contributed by atoms with Gasteiger partial charge in [0.1, 0.15) is 16.1 Å². The molecular weight excluding hydrogens is 705 g/mol. The van der Waals surface area contributed by atoms with Crippen molar-refractivity contribution >= 4 is 16.1 Å². The molecule has 0 nitrogen and oxygen atoms in total. The highest BCUT2D eigenvalue weighted by atomic mass is 28.3. The molecule has 0 amide bonds. The second-order valence-electron chi connectivity index (χ2n) is 16.8. The topological polar surface area (TPSA) is 0 Å². The van der Waals surface area contributed by atoms with E-state index in [2.05, 4.69) is 228 Å². The van der Waals surface area contributed by atoms with Crippen LogP contribution in [0.25, 0.3) is 0 Å². The van der Waals surface area contributed by atoms with Crippen molar-refractivity contribution in [2.45, 2.75) is 172 Å². The summed E-state index contributed by atoms with van der Waals surface area (Å²) >= 11 is 0. The lowest BCUT2D eigenvalue weighted by atomic mass is 10.1. The van der Waals surface area contributed by atoms with Gasteiger partial charge in [-0.3, -0.25) is 0 Å². The van der Waals surface area contributed by atoms with E-state index < -0.39 is 16.1 Å². The van der Waals surface area contributed by atoms with Crippen molar-refractivity contribution in [2.75, 3.05) is 0 Å². The van der Waals surface area contributed by atoms with Gasteiger partial charge in [0, 0.05) is 0 Å². The zero-order chi connectivity index (χ0) is 43.2. The number of hydrogen-bond donors (Lipinski definition) is 0. The lowest BCUT2D eigenvalue weighted by Gasteiger charge is -2.38. The molecule has 0 atom stereocenters. The van der Waals surface area contributed by atoms with Crippen LogP contribution < -0.4 is 0 Å². The average molecular weight is 771 g/mol. The van der Waals surface area contributed by atoms with Crippen molar-refractivity contribution in [3.63, 3.8) is 0 Å². The smallest absolute Gasteiger partial charge is 0.124 e. The molecule has 0 rings (SSSR count). The molecule has 0 aliphatic carbocycles. The van der Waals surface area contributed by atoms with E-state index in [0.717, 1.165) is 33.4 Å². The molecule has 0 aromatic rings. The van der Waals surface area contributed by atoms with Gasteiger partial charge in [-0.15, -0.1) is 11.1 Å². The maximum absolute atomic E-state index is 3.77. The molecule has 0 radical (unpaired) electrons. The van der Waals surface area contributed by atoms with Gasteiger partial charge in [-0.2, -0.15) is 0 Å². The summed E-state index contributed by atoms with van der Waals surface area (Å²) in [5.41, 5.74) is 18.2. The molecule has 0 aliphatic rings. The van der Waals surface area contributed by atoms with Crippen LogP contribution >= 0.6 is 0 Å². The van der Waals surface area contributed by atoms with Gasteiger partial charge in [-0.25, -0.2) is 0 Å². The van der Waals surface area contributed by atoms with E-state index in [9.17, 15) is 0 Å². The van der Waals surface area contributed by atoms with Gasteiger partial charge in [-0.05, 0) is 183 Å². The van der Waals surface area contributed by atoms with Crippen LogP contribution in [0.2, 0.25) is 33.2 Å². The van der Waals surface area contributed by atoms with Crippen LogP contribution in [0.15, 0.2) is 44.6 Å². The Morgan fingerprint density at radius 3 is 0.589 bits per heavy atom. The van der Waals surface area contributed by atoms with Gasteiger partial charge in [0.15, 0.2) is 0 Å². The molecule has 0 unspecified atom stereocenters. The summed E-state index contributed by atoms with van der Waals surface area (Å²) in [4.78, 5) is 0. The molecule has 0 N–H and O–H groups in total. The van der Waals surface area contributed by atoms with Crippen molar-refractivity contribution in [3.8, 4) is 118 Å². The zero-order valence-electron chi connectivity index (χ0n) is 38.5. The minimum Gasteiger partial charge on any atom is -0.124 e. The zero-order valence-corrected chi connectivity index (χ0v) is 40.5. The van der Waals surface area contributed by atoms with Gasteiger partial charge in [0.25, 0.3) is 0 Å². The molecule has 0 bridgehead atoms. The Morgan fingerprint density at radius 1 is 0.250 bits per heavy atom. The minimum atomic E-state index is -1.85. The van der Waals surface area contributed by atoms with Gasteiger partial charge in [0.05, 0.1) is 22.3 Å².